The second-order valence-electron chi connectivity index (χ2n) is 13.0. The Bertz CT molecular complexity index is 1690. The van der Waals surface area contributed by atoms with E-state index in [0.717, 1.165) is 70.3 Å². The van der Waals surface area contributed by atoms with E-state index in [9.17, 15) is 9.59 Å². The molecule has 1 fully saturated rings. The van der Waals surface area contributed by atoms with Gasteiger partial charge in [0.1, 0.15) is 0 Å². The molecule has 5 rings (SSSR count). The number of fused-ring (bicyclic) bond motifs is 1. The van der Waals surface area contributed by atoms with Crippen LogP contribution in [0.1, 0.15) is 57.2 Å². The minimum absolute atomic E-state index is 0.0655. The molecule has 2 aromatic carbocycles. The molecule has 1 unspecified atom stereocenters. The SMILES string of the molecule is CCn1c(-c2cnccc2COC)c(CC(C)(C)COC(C)=O)c2cc(-c3cccc(CC(N)C(=O)N4CCCCN4)c3)ccc21. The molecule has 9 nitrogen and oxygen atoms in total. The van der Waals surface area contributed by atoms with E-state index >= 15 is 0 Å². The molecule has 3 heterocycles. The van der Waals surface area contributed by atoms with Gasteiger partial charge in [-0.05, 0) is 78.6 Å². The summed E-state index contributed by atoms with van der Waals surface area (Å²) in [6.07, 6.45) is 6.92. The normalized spacial score (nSPS) is 14.4. The van der Waals surface area contributed by atoms with Gasteiger partial charge in [0, 0.05) is 67.9 Å². The highest BCUT2D eigenvalue weighted by Crippen LogP contribution is 2.41. The third kappa shape index (κ3) is 7.49. The first-order valence-electron chi connectivity index (χ1n) is 16.2. The number of amides is 1. The summed E-state index contributed by atoms with van der Waals surface area (Å²) in [6, 6.07) is 16.3. The molecule has 0 aliphatic carbocycles. The van der Waals surface area contributed by atoms with Crippen LogP contribution in [0.25, 0.3) is 33.3 Å². The largest absolute Gasteiger partial charge is 0.465 e. The number of hydrazine groups is 1. The number of rotatable bonds is 12. The Morgan fingerprint density at radius 3 is 2.63 bits per heavy atom. The zero-order valence-corrected chi connectivity index (χ0v) is 27.8. The van der Waals surface area contributed by atoms with E-state index in [1.807, 2.05) is 24.4 Å². The lowest BCUT2D eigenvalue weighted by Gasteiger charge is -2.29. The van der Waals surface area contributed by atoms with Gasteiger partial charge < -0.3 is 19.8 Å². The van der Waals surface area contributed by atoms with Crippen molar-refractivity contribution >= 4 is 22.8 Å². The van der Waals surface area contributed by atoms with E-state index in [1.165, 1.54) is 12.5 Å². The van der Waals surface area contributed by atoms with Gasteiger partial charge >= 0.3 is 5.97 Å². The highest BCUT2D eigenvalue weighted by Gasteiger charge is 2.28. The predicted octanol–water partition coefficient (Wildman–Crippen LogP) is 5.67. The van der Waals surface area contributed by atoms with Gasteiger partial charge in [0.15, 0.2) is 0 Å². The molecule has 0 radical (unpaired) electrons. The van der Waals surface area contributed by atoms with Gasteiger partial charge in [-0.3, -0.25) is 19.6 Å². The van der Waals surface area contributed by atoms with Gasteiger partial charge in [-0.25, -0.2) is 5.43 Å². The van der Waals surface area contributed by atoms with E-state index in [4.69, 9.17) is 15.2 Å². The average molecular weight is 626 g/mol. The summed E-state index contributed by atoms with van der Waals surface area (Å²) >= 11 is 0. The molecule has 1 saturated heterocycles. The summed E-state index contributed by atoms with van der Waals surface area (Å²) in [6.45, 7) is 10.9. The lowest BCUT2D eigenvalue weighted by atomic mass is 9.84. The van der Waals surface area contributed by atoms with Crippen LogP contribution in [-0.2, 0) is 45.1 Å². The molecule has 0 saturated carbocycles. The van der Waals surface area contributed by atoms with E-state index in [0.29, 0.717) is 32.6 Å². The number of aryl methyl sites for hydroxylation is 1. The highest BCUT2D eigenvalue weighted by atomic mass is 16.5. The van der Waals surface area contributed by atoms with Crippen LogP contribution in [0.3, 0.4) is 0 Å². The van der Waals surface area contributed by atoms with Crippen molar-refractivity contribution in [1.82, 2.24) is 20.0 Å². The van der Waals surface area contributed by atoms with Crippen LogP contribution in [-0.4, -0.2) is 59.3 Å². The molecule has 0 bridgehead atoms. The Balaban J connectivity index is 1.57. The number of nitrogens with zero attached hydrogens (tertiary/aromatic N) is 3. The highest BCUT2D eigenvalue weighted by molar-refractivity contribution is 5.95. The van der Waals surface area contributed by atoms with Gasteiger partial charge in [-0.1, -0.05) is 44.2 Å². The smallest absolute Gasteiger partial charge is 0.302 e. The molecule has 46 heavy (non-hydrogen) atoms. The van der Waals surface area contributed by atoms with E-state index in [2.05, 4.69) is 66.1 Å². The van der Waals surface area contributed by atoms with Crippen molar-refractivity contribution in [1.29, 1.82) is 0 Å². The van der Waals surface area contributed by atoms with Crippen molar-refractivity contribution in [3.63, 3.8) is 0 Å². The summed E-state index contributed by atoms with van der Waals surface area (Å²) < 4.78 is 13.4. The number of esters is 1. The third-order valence-corrected chi connectivity index (χ3v) is 8.68. The number of nitrogens with two attached hydrogens (primary N) is 1. The fourth-order valence-electron chi connectivity index (χ4n) is 6.46. The second-order valence-corrected chi connectivity index (χ2v) is 13.0. The molecular formula is C37H47N5O4. The van der Waals surface area contributed by atoms with E-state index < -0.39 is 6.04 Å². The maximum Gasteiger partial charge on any atom is 0.302 e. The summed E-state index contributed by atoms with van der Waals surface area (Å²) in [5.41, 5.74) is 17.9. The first kappa shape index (κ1) is 33.3. The van der Waals surface area contributed by atoms with Crippen LogP contribution in [0.15, 0.2) is 60.9 Å². The van der Waals surface area contributed by atoms with Crippen molar-refractivity contribution in [2.75, 3.05) is 26.8 Å². The Hall–Kier alpha value is -4.05. The van der Waals surface area contributed by atoms with Gasteiger partial charge in [0.2, 0.25) is 0 Å². The molecule has 1 aliphatic rings. The van der Waals surface area contributed by atoms with Crippen LogP contribution in [0, 0.1) is 5.41 Å². The minimum Gasteiger partial charge on any atom is -0.465 e. The van der Waals surface area contributed by atoms with Crippen molar-refractivity contribution < 1.29 is 19.1 Å². The monoisotopic (exact) mass is 625 g/mol. The number of pyridine rings is 1. The Morgan fingerprint density at radius 2 is 1.91 bits per heavy atom. The Labute approximate surface area is 272 Å². The molecule has 2 aromatic heterocycles. The molecule has 1 aliphatic heterocycles. The van der Waals surface area contributed by atoms with Crippen LogP contribution in [0.5, 0.6) is 0 Å². The molecule has 3 N–H and O–H groups in total. The summed E-state index contributed by atoms with van der Waals surface area (Å²) in [5.74, 6) is -0.348. The number of methoxy groups -OCH3 is 1. The van der Waals surface area contributed by atoms with Crippen molar-refractivity contribution in [3.8, 4) is 22.4 Å². The molecule has 244 valence electrons. The molecule has 9 heteroatoms. The third-order valence-electron chi connectivity index (χ3n) is 8.68. The van der Waals surface area contributed by atoms with Gasteiger partial charge in [0.25, 0.3) is 5.91 Å². The number of carbonyl (C=O) groups is 2. The minimum atomic E-state index is -0.615. The fraction of sp³-hybridized carbons (Fsp3) is 0.432. The number of aromatic nitrogens is 2. The van der Waals surface area contributed by atoms with Crippen molar-refractivity contribution in [2.24, 2.45) is 11.1 Å². The predicted molar refractivity (Wildman–Crippen MR) is 182 cm³/mol. The van der Waals surface area contributed by atoms with Gasteiger partial charge in [-0.2, -0.15) is 0 Å². The maximum atomic E-state index is 13.0. The van der Waals surface area contributed by atoms with E-state index in [1.54, 1.807) is 18.3 Å². The topological polar surface area (TPSA) is 112 Å². The Morgan fingerprint density at radius 1 is 1.11 bits per heavy atom. The molecular weight excluding hydrogens is 578 g/mol. The maximum absolute atomic E-state index is 13.0. The zero-order chi connectivity index (χ0) is 32.8. The van der Waals surface area contributed by atoms with Crippen molar-refractivity contribution in [3.05, 3.63) is 77.6 Å². The number of ether oxygens (including phenoxy) is 2. The average Bonchev–Trinajstić information content (AvgIpc) is 3.36. The summed E-state index contributed by atoms with van der Waals surface area (Å²) in [4.78, 5) is 29.2. The number of benzene rings is 2. The lowest BCUT2D eigenvalue weighted by Crippen LogP contribution is -2.53. The van der Waals surface area contributed by atoms with Crippen LogP contribution in [0.4, 0.5) is 0 Å². The molecule has 0 spiro atoms. The van der Waals surface area contributed by atoms with E-state index in [-0.39, 0.29) is 17.3 Å². The van der Waals surface area contributed by atoms with Crippen molar-refractivity contribution in [2.45, 2.75) is 72.6 Å². The van der Waals surface area contributed by atoms with Crippen LogP contribution >= 0.6 is 0 Å². The molecule has 1 amide bonds. The first-order chi connectivity index (χ1) is 22.1. The summed E-state index contributed by atoms with van der Waals surface area (Å²) in [7, 11) is 1.70. The summed E-state index contributed by atoms with van der Waals surface area (Å²) in [5, 5.41) is 2.82. The zero-order valence-electron chi connectivity index (χ0n) is 27.8. The van der Waals surface area contributed by atoms with Gasteiger partial charge in [0.05, 0.1) is 24.9 Å². The number of hydrogen-bond donors (Lipinski definition) is 2. The fourth-order valence-corrected chi connectivity index (χ4v) is 6.46. The number of carbonyl (C=O) groups excluding carboxylic acids is 2. The number of nitrogens with one attached hydrogen (secondary N) is 1. The number of hydrogen-bond acceptors (Lipinski definition) is 7. The van der Waals surface area contributed by atoms with Gasteiger partial charge in [-0.15, -0.1) is 0 Å². The van der Waals surface area contributed by atoms with Crippen LogP contribution in [0.2, 0.25) is 0 Å². The quantitative estimate of drug-likeness (QED) is 0.195. The Kier molecular flexibility index (Phi) is 10.6. The second kappa shape index (κ2) is 14.6. The lowest BCUT2D eigenvalue weighted by molar-refractivity contribution is -0.144. The molecule has 1 atom stereocenters. The molecule has 4 aromatic rings. The standard InChI is InChI=1S/C37H47N5O4/c1-6-41-34-13-12-28(27-11-9-10-26(18-27)19-33(38)36(44)42-17-8-7-15-40-42)20-30(34)31(21-37(3,4)24-46-25(2)43)35(41)32-22-39-16-14-29(32)23-45-5/h9-14,16,18,20,22,33,40H,6-8,15,17,19,21,23-24,38H2,1-5H3. The first-order valence-corrected chi connectivity index (χ1v) is 16.2. The van der Waals surface area contributed by atoms with Crippen LogP contribution < -0.4 is 11.2 Å².